The Hall–Kier alpha value is -1.23. The van der Waals surface area contributed by atoms with Crippen molar-refractivity contribution in [2.24, 2.45) is 11.7 Å². The summed E-state index contributed by atoms with van der Waals surface area (Å²) in [7, 11) is 1.69. The van der Waals surface area contributed by atoms with E-state index in [0.717, 1.165) is 0 Å². The Labute approximate surface area is 112 Å². The van der Waals surface area contributed by atoms with Gasteiger partial charge in [0.2, 0.25) is 0 Å². The summed E-state index contributed by atoms with van der Waals surface area (Å²) in [6.07, 6.45) is -3.89. The van der Waals surface area contributed by atoms with Crippen LogP contribution in [0.25, 0.3) is 0 Å². The van der Waals surface area contributed by atoms with E-state index < -0.39 is 11.7 Å². The first-order valence-electron chi connectivity index (χ1n) is 6.37. The van der Waals surface area contributed by atoms with Gasteiger partial charge in [0, 0.05) is 19.3 Å². The topological polar surface area (TPSA) is 29.3 Å². The van der Waals surface area contributed by atoms with Crippen LogP contribution in [0.1, 0.15) is 25.0 Å². The fourth-order valence-corrected chi connectivity index (χ4v) is 2.11. The van der Waals surface area contributed by atoms with Crippen LogP contribution in [0.5, 0.6) is 0 Å². The van der Waals surface area contributed by atoms with Crippen LogP contribution in [-0.4, -0.2) is 20.1 Å². The molecule has 19 heavy (non-hydrogen) atoms. The Bertz CT molecular complexity index is 414. The van der Waals surface area contributed by atoms with Gasteiger partial charge in [-0.1, -0.05) is 19.9 Å². The van der Waals surface area contributed by atoms with Gasteiger partial charge in [-0.05, 0) is 36.6 Å². The molecular weight excluding hydrogens is 253 g/mol. The molecule has 2 nitrogen and oxygen atoms in total. The number of anilines is 1. The van der Waals surface area contributed by atoms with E-state index in [0.29, 0.717) is 31.0 Å². The molecule has 1 rings (SSSR count). The first-order chi connectivity index (χ1) is 8.75. The van der Waals surface area contributed by atoms with E-state index in [1.54, 1.807) is 18.0 Å². The van der Waals surface area contributed by atoms with Crippen molar-refractivity contribution in [3.8, 4) is 0 Å². The molecule has 0 amide bonds. The molecular formula is C14H21F3N2. The number of nitrogens with two attached hydrogens (primary N) is 1. The van der Waals surface area contributed by atoms with Crippen LogP contribution >= 0.6 is 0 Å². The highest BCUT2D eigenvalue weighted by Crippen LogP contribution is 2.37. The molecule has 0 heterocycles. The van der Waals surface area contributed by atoms with Gasteiger partial charge in [0.1, 0.15) is 0 Å². The van der Waals surface area contributed by atoms with E-state index in [4.69, 9.17) is 5.73 Å². The van der Waals surface area contributed by atoms with Crippen molar-refractivity contribution in [1.29, 1.82) is 0 Å². The lowest BCUT2D eigenvalue weighted by Crippen LogP contribution is -2.25. The maximum atomic E-state index is 13.1. The fourth-order valence-electron chi connectivity index (χ4n) is 2.11. The summed E-state index contributed by atoms with van der Waals surface area (Å²) in [6.45, 7) is 4.89. The van der Waals surface area contributed by atoms with Crippen molar-refractivity contribution < 1.29 is 13.2 Å². The van der Waals surface area contributed by atoms with Crippen LogP contribution in [0.3, 0.4) is 0 Å². The lowest BCUT2D eigenvalue weighted by molar-refractivity contribution is -0.137. The SMILES string of the molecule is CC(C)CN(C)c1ccc(CCN)cc1C(F)(F)F. The third kappa shape index (κ3) is 4.42. The standard InChI is InChI=1S/C14H21F3N2/c1-10(2)9-19(3)13-5-4-11(6-7-18)8-12(13)14(15,16)17/h4-5,8,10H,6-7,9,18H2,1-3H3. The summed E-state index contributed by atoms with van der Waals surface area (Å²) in [5.41, 5.74) is 5.66. The van der Waals surface area contributed by atoms with E-state index in [1.165, 1.54) is 12.1 Å². The van der Waals surface area contributed by atoms with Crippen molar-refractivity contribution in [1.82, 2.24) is 0 Å². The van der Waals surface area contributed by atoms with Crippen LogP contribution < -0.4 is 10.6 Å². The molecule has 0 unspecified atom stereocenters. The van der Waals surface area contributed by atoms with E-state index in [-0.39, 0.29) is 5.69 Å². The van der Waals surface area contributed by atoms with E-state index >= 15 is 0 Å². The summed E-state index contributed by atoms with van der Waals surface area (Å²) in [4.78, 5) is 1.65. The zero-order valence-corrected chi connectivity index (χ0v) is 11.6. The number of halogens is 3. The Kier molecular flexibility index (Phi) is 5.23. The average Bonchev–Trinajstić information content (AvgIpc) is 2.27. The number of alkyl halides is 3. The first-order valence-corrected chi connectivity index (χ1v) is 6.37. The summed E-state index contributed by atoms with van der Waals surface area (Å²) in [5.74, 6) is 0.301. The zero-order chi connectivity index (χ0) is 14.6. The predicted molar refractivity (Wildman–Crippen MR) is 72.3 cm³/mol. The van der Waals surface area contributed by atoms with E-state index in [2.05, 4.69) is 0 Å². The number of hydrogen-bond acceptors (Lipinski definition) is 2. The smallest absolute Gasteiger partial charge is 0.374 e. The second kappa shape index (κ2) is 6.28. The largest absolute Gasteiger partial charge is 0.418 e. The van der Waals surface area contributed by atoms with Gasteiger partial charge in [0.15, 0.2) is 0 Å². The molecule has 0 atom stereocenters. The van der Waals surface area contributed by atoms with Crippen LogP contribution in [0, 0.1) is 5.92 Å². The quantitative estimate of drug-likeness (QED) is 0.892. The molecule has 0 saturated carbocycles. The fraction of sp³-hybridized carbons (Fsp3) is 0.571. The van der Waals surface area contributed by atoms with E-state index in [9.17, 15) is 13.2 Å². The van der Waals surface area contributed by atoms with Gasteiger partial charge in [0.05, 0.1) is 5.56 Å². The van der Waals surface area contributed by atoms with Crippen LogP contribution in [0.15, 0.2) is 18.2 Å². The molecule has 2 N–H and O–H groups in total. The van der Waals surface area contributed by atoms with Crippen molar-refractivity contribution in [2.75, 3.05) is 25.0 Å². The molecule has 1 aromatic rings. The molecule has 1 aromatic carbocycles. The summed E-state index contributed by atoms with van der Waals surface area (Å²) in [5, 5.41) is 0. The van der Waals surface area contributed by atoms with Gasteiger partial charge in [0.25, 0.3) is 0 Å². The second-order valence-electron chi connectivity index (χ2n) is 5.16. The van der Waals surface area contributed by atoms with Gasteiger partial charge < -0.3 is 10.6 Å². The molecule has 0 aromatic heterocycles. The minimum atomic E-state index is -4.34. The third-order valence-corrected chi connectivity index (χ3v) is 2.85. The molecule has 5 heteroatoms. The van der Waals surface area contributed by atoms with Crippen LogP contribution in [0.2, 0.25) is 0 Å². The molecule has 0 spiro atoms. The Morgan fingerprint density at radius 3 is 2.37 bits per heavy atom. The van der Waals surface area contributed by atoms with Gasteiger partial charge in [-0.3, -0.25) is 0 Å². The summed E-state index contributed by atoms with van der Waals surface area (Å²) < 4.78 is 39.3. The van der Waals surface area contributed by atoms with Gasteiger partial charge in [-0.25, -0.2) is 0 Å². The molecule has 0 saturated heterocycles. The van der Waals surface area contributed by atoms with Crippen LogP contribution in [0.4, 0.5) is 18.9 Å². The molecule has 0 bridgehead atoms. The number of rotatable bonds is 5. The highest BCUT2D eigenvalue weighted by atomic mass is 19.4. The van der Waals surface area contributed by atoms with E-state index in [1.807, 2.05) is 13.8 Å². The van der Waals surface area contributed by atoms with Crippen LogP contribution in [-0.2, 0) is 12.6 Å². The van der Waals surface area contributed by atoms with Gasteiger partial charge >= 0.3 is 6.18 Å². The lowest BCUT2D eigenvalue weighted by atomic mass is 10.0. The summed E-state index contributed by atoms with van der Waals surface area (Å²) >= 11 is 0. The number of nitrogens with zero attached hydrogens (tertiary/aromatic N) is 1. The highest BCUT2D eigenvalue weighted by Gasteiger charge is 2.34. The van der Waals surface area contributed by atoms with Crippen molar-refractivity contribution in [2.45, 2.75) is 26.4 Å². The molecule has 0 aliphatic heterocycles. The van der Waals surface area contributed by atoms with Crippen molar-refractivity contribution in [3.63, 3.8) is 0 Å². The molecule has 0 aliphatic rings. The minimum absolute atomic E-state index is 0.224. The Balaban J connectivity index is 3.16. The Morgan fingerprint density at radius 2 is 1.89 bits per heavy atom. The first kappa shape index (κ1) is 15.8. The molecule has 0 fully saturated rings. The van der Waals surface area contributed by atoms with Crippen molar-refractivity contribution >= 4 is 5.69 Å². The predicted octanol–water partition coefficient (Wildman–Crippen LogP) is 3.30. The van der Waals surface area contributed by atoms with Crippen molar-refractivity contribution in [3.05, 3.63) is 29.3 Å². The molecule has 0 radical (unpaired) electrons. The zero-order valence-electron chi connectivity index (χ0n) is 11.6. The third-order valence-electron chi connectivity index (χ3n) is 2.85. The maximum Gasteiger partial charge on any atom is 0.418 e. The molecule has 0 aliphatic carbocycles. The minimum Gasteiger partial charge on any atom is -0.374 e. The molecule has 108 valence electrons. The number of benzene rings is 1. The normalized spacial score (nSPS) is 12.0. The summed E-state index contributed by atoms with van der Waals surface area (Å²) in [6, 6.07) is 4.46. The lowest BCUT2D eigenvalue weighted by Gasteiger charge is -2.25. The number of hydrogen-bond donors (Lipinski definition) is 1. The maximum absolute atomic E-state index is 13.1. The van der Waals surface area contributed by atoms with Gasteiger partial charge in [-0.15, -0.1) is 0 Å². The van der Waals surface area contributed by atoms with Gasteiger partial charge in [-0.2, -0.15) is 13.2 Å². The Morgan fingerprint density at radius 1 is 1.26 bits per heavy atom. The average molecular weight is 274 g/mol. The second-order valence-corrected chi connectivity index (χ2v) is 5.16. The highest BCUT2D eigenvalue weighted by molar-refractivity contribution is 5.56. The monoisotopic (exact) mass is 274 g/mol.